The molecule has 27 heavy (non-hydrogen) atoms. The molecule has 0 spiro atoms. The third-order valence-corrected chi connectivity index (χ3v) is 5.22. The van der Waals surface area contributed by atoms with Crippen molar-refractivity contribution in [1.29, 1.82) is 0 Å². The lowest BCUT2D eigenvalue weighted by Gasteiger charge is -2.06. The van der Waals surface area contributed by atoms with E-state index in [2.05, 4.69) is 36.3 Å². The molecule has 0 unspecified atom stereocenters. The second-order valence-corrected chi connectivity index (χ2v) is 7.41. The molecule has 0 atom stereocenters. The van der Waals surface area contributed by atoms with Gasteiger partial charge in [-0.1, -0.05) is 15.9 Å². The van der Waals surface area contributed by atoms with Gasteiger partial charge in [-0.25, -0.2) is 9.37 Å². The Balaban J connectivity index is 1.55. The summed E-state index contributed by atoms with van der Waals surface area (Å²) in [6.45, 7) is 0.390. The molecule has 0 aliphatic carbocycles. The van der Waals surface area contributed by atoms with Crippen molar-refractivity contribution in [1.82, 2.24) is 25.2 Å². The lowest BCUT2D eigenvalue weighted by atomic mass is 10.2. The number of hydrogen-bond donors (Lipinski definition) is 0. The maximum absolute atomic E-state index is 13.0. The summed E-state index contributed by atoms with van der Waals surface area (Å²) in [5.41, 5.74) is 2.45. The second kappa shape index (κ2) is 7.53. The topological polar surface area (TPSA) is 65.7 Å². The summed E-state index contributed by atoms with van der Waals surface area (Å²) in [6.07, 6.45) is 0. The maximum atomic E-state index is 13.0. The number of thiazole rings is 1. The van der Waals surface area contributed by atoms with E-state index in [0.29, 0.717) is 17.9 Å². The zero-order valence-corrected chi connectivity index (χ0v) is 16.5. The molecular formula is C18H13BrFN5OS. The fourth-order valence-corrected chi connectivity index (χ4v) is 3.71. The normalized spacial score (nSPS) is 10.9. The third kappa shape index (κ3) is 3.88. The standard InChI is InChI=1S/C18H13BrFN5OS/c1-26-16-7-4-12(19)8-15(16)18-21-14(10-27-18)9-25-23-17(22-24-25)11-2-5-13(20)6-3-11/h2-8,10H,9H2,1H3. The van der Waals surface area contributed by atoms with Gasteiger partial charge >= 0.3 is 0 Å². The summed E-state index contributed by atoms with van der Waals surface area (Å²) in [5.74, 6) is 0.903. The summed E-state index contributed by atoms with van der Waals surface area (Å²) < 4.78 is 19.4. The minimum absolute atomic E-state index is 0.302. The number of nitrogens with zero attached hydrogens (tertiary/aromatic N) is 5. The highest BCUT2D eigenvalue weighted by Crippen LogP contribution is 2.34. The van der Waals surface area contributed by atoms with Crippen molar-refractivity contribution in [2.45, 2.75) is 6.54 Å². The summed E-state index contributed by atoms with van der Waals surface area (Å²) in [5, 5.41) is 15.2. The minimum Gasteiger partial charge on any atom is -0.496 e. The first-order valence-electron chi connectivity index (χ1n) is 7.94. The van der Waals surface area contributed by atoms with E-state index >= 15 is 0 Å². The number of aromatic nitrogens is 5. The summed E-state index contributed by atoms with van der Waals surface area (Å²) in [7, 11) is 1.64. The molecule has 6 nitrogen and oxygen atoms in total. The van der Waals surface area contributed by atoms with E-state index in [9.17, 15) is 4.39 Å². The SMILES string of the molecule is COc1ccc(Br)cc1-c1nc(Cn2nnc(-c3ccc(F)cc3)n2)cs1. The quantitative estimate of drug-likeness (QED) is 0.454. The Kier molecular flexibility index (Phi) is 4.95. The molecule has 0 N–H and O–H groups in total. The van der Waals surface area contributed by atoms with Crippen molar-refractivity contribution in [3.8, 4) is 27.7 Å². The molecule has 2 aromatic heterocycles. The van der Waals surface area contributed by atoms with Crippen LogP contribution in [0.2, 0.25) is 0 Å². The Labute approximate surface area is 166 Å². The molecule has 0 amide bonds. The van der Waals surface area contributed by atoms with E-state index in [4.69, 9.17) is 4.74 Å². The minimum atomic E-state index is -0.302. The highest BCUT2D eigenvalue weighted by Gasteiger charge is 2.13. The molecule has 0 fully saturated rings. The van der Waals surface area contributed by atoms with Crippen LogP contribution in [0.1, 0.15) is 5.69 Å². The fourth-order valence-electron chi connectivity index (χ4n) is 2.52. The van der Waals surface area contributed by atoms with Crippen LogP contribution in [0.15, 0.2) is 52.3 Å². The van der Waals surface area contributed by atoms with Crippen LogP contribution < -0.4 is 4.74 Å². The zero-order chi connectivity index (χ0) is 18.8. The Morgan fingerprint density at radius 1 is 1.19 bits per heavy atom. The molecule has 136 valence electrons. The molecule has 2 aromatic carbocycles. The Morgan fingerprint density at radius 2 is 2.00 bits per heavy atom. The van der Waals surface area contributed by atoms with E-state index in [1.807, 2.05) is 23.6 Å². The van der Waals surface area contributed by atoms with Gasteiger partial charge in [-0.3, -0.25) is 0 Å². The van der Waals surface area contributed by atoms with E-state index in [1.165, 1.54) is 28.3 Å². The van der Waals surface area contributed by atoms with Gasteiger partial charge in [0.25, 0.3) is 0 Å². The monoisotopic (exact) mass is 445 g/mol. The Hall–Kier alpha value is -2.65. The summed E-state index contributed by atoms with van der Waals surface area (Å²) in [4.78, 5) is 6.13. The van der Waals surface area contributed by atoms with Crippen LogP contribution in [0.5, 0.6) is 5.75 Å². The number of ether oxygens (including phenoxy) is 1. The average Bonchev–Trinajstić information content (AvgIpc) is 3.32. The van der Waals surface area contributed by atoms with Crippen LogP contribution >= 0.6 is 27.3 Å². The maximum Gasteiger partial charge on any atom is 0.204 e. The average molecular weight is 446 g/mol. The van der Waals surface area contributed by atoms with Crippen molar-refractivity contribution in [2.24, 2.45) is 0 Å². The highest BCUT2D eigenvalue weighted by atomic mass is 79.9. The molecular weight excluding hydrogens is 433 g/mol. The van der Waals surface area contributed by atoms with Gasteiger partial charge in [0.2, 0.25) is 5.82 Å². The molecule has 9 heteroatoms. The molecule has 0 aliphatic heterocycles. The van der Waals surface area contributed by atoms with Crippen LogP contribution in [0.25, 0.3) is 22.0 Å². The smallest absolute Gasteiger partial charge is 0.204 e. The number of methoxy groups -OCH3 is 1. The highest BCUT2D eigenvalue weighted by molar-refractivity contribution is 9.10. The fraction of sp³-hybridized carbons (Fsp3) is 0.111. The number of tetrazole rings is 1. The molecule has 0 saturated carbocycles. The van der Waals surface area contributed by atoms with Gasteiger partial charge in [0.05, 0.1) is 18.4 Å². The van der Waals surface area contributed by atoms with Gasteiger partial charge in [-0.15, -0.1) is 21.5 Å². The van der Waals surface area contributed by atoms with E-state index < -0.39 is 0 Å². The Morgan fingerprint density at radius 3 is 2.78 bits per heavy atom. The predicted octanol–water partition coefficient (Wildman–Crippen LogP) is 4.42. The van der Waals surface area contributed by atoms with Crippen LogP contribution in [-0.2, 0) is 6.54 Å². The molecule has 2 heterocycles. The van der Waals surface area contributed by atoms with Crippen molar-refractivity contribution in [2.75, 3.05) is 7.11 Å². The molecule has 0 aliphatic rings. The van der Waals surface area contributed by atoms with Gasteiger partial charge in [-0.2, -0.15) is 4.80 Å². The third-order valence-electron chi connectivity index (χ3n) is 3.80. The van der Waals surface area contributed by atoms with E-state index in [-0.39, 0.29) is 5.82 Å². The first kappa shape index (κ1) is 17.7. The van der Waals surface area contributed by atoms with E-state index in [1.54, 1.807) is 19.2 Å². The van der Waals surface area contributed by atoms with Crippen LogP contribution in [-0.4, -0.2) is 32.3 Å². The van der Waals surface area contributed by atoms with Crippen LogP contribution in [0.3, 0.4) is 0 Å². The van der Waals surface area contributed by atoms with Crippen molar-refractivity contribution < 1.29 is 9.13 Å². The summed E-state index contributed by atoms with van der Waals surface area (Å²) >= 11 is 5.00. The lowest BCUT2D eigenvalue weighted by molar-refractivity contribution is 0.416. The molecule has 0 bridgehead atoms. The molecule has 0 saturated heterocycles. The predicted molar refractivity (Wildman–Crippen MR) is 104 cm³/mol. The van der Waals surface area contributed by atoms with E-state index in [0.717, 1.165) is 26.5 Å². The Bertz CT molecular complexity index is 1080. The van der Waals surface area contributed by atoms with Crippen molar-refractivity contribution in [3.05, 3.63) is 63.8 Å². The first-order valence-corrected chi connectivity index (χ1v) is 9.62. The van der Waals surface area contributed by atoms with Gasteiger partial charge in [0.15, 0.2) is 0 Å². The molecule has 4 rings (SSSR count). The van der Waals surface area contributed by atoms with Gasteiger partial charge in [0, 0.05) is 15.4 Å². The molecule has 4 aromatic rings. The first-order chi connectivity index (χ1) is 13.1. The number of rotatable bonds is 5. The second-order valence-electron chi connectivity index (χ2n) is 5.64. The van der Waals surface area contributed by atoms with Gasteiger partial charge in [-0.05, 0) is 47.7 Å². The van der Waals surface area contributed by atoms with Gasteiger partial charge in [0.1, 0.15) is 23.1 Å². The number of halogens is 2. The van der Waals surface area contributed by atoms with Crippen LogP contribution in [0, 0.1) is 5.82 Å². The molecule has 0 radical (unpaired) electrons. The van der Waals surface area contributed by atoms with Crippen molar-refractivity contribution in [3.63, 3.8) is 0 Å². The van der Waals surface area contributed by atoms with Crippen molar-refractivity contribution >= 4 is 27.3 Å². The largest absolute Gasteiger partial charge is 0.496 e. The number of benzene rings is 2. The summed E-state index contributed by atoms with van der Waals surface area (Å²) in [6, 6.07) is 11.8. The van der Waals surface area contributed by atoms with Gasteiger partial charge < -0.3 is 4.74 Å². The van der Waals surface area contributed by atoms with Crippen LogP contribution in [0.4, 0.5) is 4.39 Å². The zero-order valence-electron chi connectivity index (χ0n) is 14.1. The lowest BCUT2D eigenvalue weighted by Crippen LogP contribution is -2.04. The number of hydrogen-bond acceptors (Lipinski definition) is 6.